The standard InChI is InChI=1S/C25H29N3O3/c1-18(2)31-21-11-9-20(10-12-21)22-23(25(30)26(3)24(22)29)28-15-13-27(14-16-28)17-19-7-5-4-6-8-19/h4-12,18H,13-17H2,1-3H3. The second kappa shape index (κ2) is 8.94. The molecular weight excluding hydrogens is 390 g/mol. The van der Waals surface area contributed by atoms with E-state index in [9.17, 15) is 9.59 Å². The van der Waals surface area contributed by atoms with E-state index in [0.717, 1.165) is 30.9 Å². The number of carbonyl (C=O) groups excluding carboxylic acids is 2. The van der Waals surface area contributed by atoms with Gasteiger partial charge in [-0.05, 0) is 37.1 Å². The summed E-state index contributed by atoms with van der Waals surface area (Å²) in [5.41, 5.74) is 3.04. The number of carbonyl (C=O) groups is 2. The summed E-state index contributed by atoms with van der Waals surface area (Å²) in [6, 6.07) is 17.8. The van der Waals surface area contributed by atoms with Crippen molar-refractivity contribution in [2.45, 2.75) is 26.5 Å². The highest BCUT2D eigenvalue weighted by atomic mass is 16.5. The van der Waals surface area contributed by atoms with Crippen molar-refractivity contribution < 1.29 is 14.3 Å². The summed E-state index contributed by atoms with van der Waals surface area (Å²) >= 11 is 0. The molecular formula is C25H29N3O3. The quantitative estimate of drug-likeness (QED) is 0.674. The molecule has 2 heterocycles. The molecule has 1 saturated heterocycles. The van der Waals surface area contributed by atoms with Crippen molar-refractivity contribution in [3.63, 3.8) is 0 Å². The van der Waals surface area contributed by atoms with Crippen LogP contribution >= 0.6 is 0 Å². The lowest BCUT2D eigenvalue weighted by Gasteiger charge is -2.36. The molecule has 6 heteroatoms. The van der Waals surface area contributed by atoms with Gasteiger partial charge in [-0.3, -0.25) is 19.4 Å². The molecule has 0 spiro atoms. The van der Waals surface area contributed by atoms with Crippen LogP contribution in [0.5, 0.6) is 5.75 Å². The van der Waals surface area contributed by atoms with Crippen LogP contribution in [0.3, 0.4) is 0 Å². The number of ether oxygens (including phenoxy) is 1. The Balaban J connectivity index is 1.53. The predicted molar refractivity (Wildman–Crippen MR) is 120 cm³/mol. The van der Waals surface area contributed by atoms with Gasteiger partial charge < -0.3 is 9.64 Å². The molecule has 0 saturated carbocycles. The Bertz CT molecular complexity index is 975. The first-order valence-electron chi connectivity index (χ1n) is 10.8. The van der Waals surface area contributed by atoms with E-state index in [2.05, 4.69) is 34.1 Å². The molecule has 0 aliphatic carbocycles. The predicted octanol–water partition coefficient (Wildman–Crippen LogP) is 3.00. The number of hydrogen-bond acceptors (Lipinski definition) is 5. The molecule has 2 aliphatic rings. The highest BCUT2D eigenvalue weighted by Gasteiger charge is 2.40. The van der Waals surface area contributed by atoms with Crippen molar-refractivity contribution in [3.8, 4) is 5.75 Å². The first-order valence-corrected chi connectivity index (χ1v) is 10.8. The van der Waals surface area contributed by atoms with Gasteiger partial charge in [0.05, 0.1) is 11.7 Å². The molecule has 2 aromatic carbocycles. The average molecular weight is 420 g/mol. The number of likely N-dealkylation sites (N-methyl/N-ethyl adjacent to an activating group) is 1. The SMILES string of the molecule is CC(C)Oc1ccc(C2=C(N3CCN(Cc4ccccc4)CC3)C(=O)N(C)C2=O)cc1. The first-order chi connectivity index (χ1) is 14.9. The van der Waals surface area contributed by atoms with Crippen LogP contribution in [-0.4, -0.2) is 65.8 Å². The van der Waals surface area contributed by atoms with E-state index >= 15 is 0 Å². The second-order valence-electron chi connectivity index (χ2n) is 8.33. The number of piperazine rings is 1. The van der Waals surface area contributed by atoms with E-state index in [1.165, 1.54) is 10.5 Å². The lowest BCUT2D eigenvalue weighted by molar-refractivity contribution is -0.136. The summed E-state index contributed by atoms with van der Waals surface area (Å²) in [6.45, 7) is 7.96. The lowest BCUT2D eigenvalue weighted by Crippen LogP contribution is -2.46. The zero-order valence-electron chi connectivity index (χ0n) is 18.4. The van der Waals surface area contributed by atoms with Crippen LogP contribution in [0.15, 0.2) is 60.3 Å². The molecule has 2 aromatic rings. The van der Waals surface area contributed by atoms with E-state index in [1.54, 1.807) is 7.05 Å². The molecule has 0 N–H and O–H groups in total. The van der Waals surface area contributed by atoms with Crippen LogP contribution in [0, 0.1) is 0 Å². The monoisotopic (exact) mass is 419 g/mol. The Hall–Kier alpha value is -3.12. The Labute approximate surface area is 183 Å². The Morgan fingerprint density at radius 1 is 0.871 bits per heavy atom. The normalized spacial score (nSPS) is 17.8. The largest absolute Gasteiger partial charge is 0.491 e. The van der Waals surface area contributed by atoms with Crippen molar-refractivity contribution >= 4 is 17.4 Å². The maximum atomic E-state index is 13.0. The Kier molecular flexibility index (Phi) is 6.09. The number of nitrogens with zero attached hydrogens (tertiary/aromatic N) is 3. The zero-order valence-corrected chi connectivity index (χ0v) is 18.4. The summed E-state index contributed by atoms with van der Waals surface area (Å²) in [7, 11) is 1.56. The van der Waals surface area contributed by atoms with Crippen molar-refractivity contribution in [3.05, 3.63) is 71.4 Å². The van der Waals surface area contributed by atoms with Crippen LogP contribution in [0.2, 0.25) is 0 Å². The van der Waals surface area contributed by atoms with Crippen LogP contribution in [-0.2, 0) is 16.1 Å². The number of imide groups is 1. The topological polar surface area (TPSA) is 53.1 Å². The third-order valence-electron chi connectivity index (χ3n) is 5.71. The van der Waals surface area contributed by atoms with Crippen molar-refractivity contribution in [2.75, 3.05) is 33.2 Å². The van der Waals surface area contributed by atoms with E-state index in [-0.39, 0.29) is 17.9 Å². The maximum Gasteiger partial charge on any atom is 0.277 e. The Morgan fingerprint density at radius 2 is 1.52 bits per heavy atom. The number of benzene rings is 2. The second-order valence-corrected chi connectivity index (χ2v) is 8.33. The van der Waals surface area contributed by atoms with Crippen LogP contribution in [0.4, 0.5) is 0 Å². The molecule has 162 valence electrons. The van der Waals surface area contributed by atoms with E-state index < -0.39 is 0 Å². The third kappa shape index (κ3) is 4.49. The van der Waals surface area contributed by atoms with Gasteiger partial charge in [-0.25, -0.2) is 0 Å². The summed E-state index contributed by atoms with van der Waals surface area (Å²) in [6.07, 6.45) is 0.0774. The molecule has 0 unspecified atom stereocenters. The van der Waals surface area contributed by atoms with Crippen LogP contribution in [0.25, 0.3) is 5.57 Å². The number of rotatable bonds is 6. The molecule has 0 aromatic heterocycles. The number of hydrogen-bond donors (Lipinski definition) is 0. The fourth-order valence-corrected chi connectivity index (χ4v) is 4.12. The van der Waals surface area contributed by atoms with Crippen LogP contribution < -0.4 is 4.74 Å². The minimum Gasteiger partial charge on any atom is -0.491 e. The van der Waals surface area contributed by atoms with Gasteiger partial charge in [-0.1, -0.05) is 42.5 Å². The van der Waals surface area contributed by atoms with Gasteiger partial charge in [-0.15, -0.1) is 0 Å². The summed E-state index contributed by atoms with van der Waals surface area (Å²) in [4.78, 5) is 31.5. The average Bonchev–Trinajstić information content (AvgIpc) is 2.99. The smallest absolute Gasteiger partial charge is 0.277 e. The molecule has 4 rings (SSSR count). The molecule has 31 heavy (non-hydrogen) atoms. The molecule has 0 bridgehead atoms. The molecule has 2 amide bonds. The summed E-state index contributed by atoms with van der Waals surface area (Å²) in [5.74, 6) is 0.281. The van der Waals surface area contributed by atoms with E-state index in [0.29, 0.717) is 24.4 Å². The summed E-state index contributed by atoms with van der Waals surface area (Å²) < 4.78 is 5.71. The van der Waals surface area contributed by atoms with Gasteiger partial charge >= 0.3 is 0 Å². The van der Waals surface area contributed by atoms with Gasteiger partial charge in [0.2, 0.25) is 0 Å². The lowest BCUT2D eigenvalue weighted by atomic mass is 10.0. The molecule has 0 atom stereocenters. The first kappa shape index (κ1) is 21.1. The van der Waals surface area contributed by atoms with Gasteiger partial charge in [-0.2, -0.15) is 0 Å². The molecule has 2 aliphatic heterocycles. The molecule has 1 fully saturated rings. The fraction of sp³-hybridized carbons (Fsp3) is 0.360. The third-order valence-corrected chi connectivity index (χ3v) is 5.71. The van der Waals surface area contributed by atoms with E-state index in [1.807, 2.05) is 44.2 Å². The van der Waals surface area contributed by atoms with Crippen molar-refractivity contribution in [2.24, 2.45) is 0 Å². The summed E-state index contributed by atoms with van der Waals surface area (Å²) in [5, 5.41) is 0. The maximum absolute atomic E-state index is 13.0. The minimum atomic E-state index is -0.246. The van der Waals surface area contributed by atoms with Gasteiger partial charge in [0.15, 0.2) is 0 Å². The van der Waals surface area contributed by atoms with Crippen molar-refractivity contribution in [1.82, 2.24) is 14.7 Å². The highest BCUT2D eigenvalue weighted by Crippen LogP contribution is 2.32. The Morgan fingerprint density at radius 3 is 2.13 bits per heavy atom. The van der Waals surface area contributed by atoms with Gasteiger partial charge in [0, 0.05) is 39.8 Å². The van der Waals surface area contributed by atoms with Crippen molar-refractivity contribution in [1.29, 1.82) is 0 Å². The van der Waals surface area contributed by atoms with Crippen LogP contribution in [0.1, 0.15) is 25.0 Å². The number of amides is 2. The fourth-order valence-electron chi connectivity index (χ4n) is 4.12. The molecule has 6 nitrogen and oxygen atoms in total. The molecule has 0 radical (unpaired) electrons. The zero-order chi connectivity index (χ0) is 22.0. The van der Waals surface area contributed by atoms with E-state index in [4.69, 9.17) is 4.74 Å². The highest BCUT2D eigenvalue weighted by molar-refractivity contribution is 6.35. The minimum absolute atomic E-state index is 0.0774. The van der Waals surface area contributed by atoms with Gasteiger partial charge in [0.1, 0.15) is 11.4 Å². The van der Waals surface area contributed by atoms with Gasteiger partial charge in [0.25, 0.3) is 11.8 Å².